The number of halogens is 1. The van der Waals surface area contributed by atoms with Crippen LogP contribution in [0, 0.1) is 31.0 Å². The summed E-state index contributed by atoms with van der Waals surface area (Å²) in [6.45, 7) is 10.3. The third-order valence-electron chi connectivity index (χ3n) is 8.61. The molecule has 0 saturated carbocycles. The second-order valence-electron chi connectivity index (χ2n) is 11.4. The summed E-state index contributed by atoms with van der Waals surface area (Å²) in [6, 6.07) is 8.15. The van der Waals surface area contributed by atoms with E-state index in [1.54, 1.807) is 11.1 Å². The van der Waals surface area contributed by atoms with Crippen LogP contribution in [0.5, 0.6) is 0 Å². The van der Waals surface area contributed by atoms with E-state index in [0.717, 1.165) is 40.7 Å². The Kier molecular flexibility index (Phi) is 7.02. The molecule has 0 aliphatic carbocycles. The van der Waals surface area contributed by atoms with Crippen LogP contribution in [0.25, 0.3) is 32.9 Å². The Morgan fingerprint density at radius 1 is 1.17 bits per heavy atom. The maximum atomic E-state index is 16.9. The Labute approximate surface area is 244 Å². The molecule has 2 saturated heterocycles. The Bertz CT molecular complexity index is 1750. The van der Waals surface area contributed by atoms with Crippen LogP contribution in [0.1, 0.15) is 17.5 Å². The summed E-state index contributed by atoms with van der Waals surface area (Å²) >= 11 is 0. The number of nitrogens with one attached hydrogen (secondary N) is 1. The average Bonchev–Trinajstić information content (AvgIpc) is 3.42. The number of hydrogen-bond donors (Lipinski definition) is 1. The smallest absolute Gasteiger partial charge is 0.246 e. The van der Waals surface area contributed by atoms with Crippen molar-refractivity contribution in [3.05, 3.63) is 54.0 Å². The highest BCUT2D eigenvalue weighted by Gasteiger charge is 2.35. The number of rotatable bonds is 6. The molecule has 0 radical (unpaired) electrons. The van der Waals surface area contributed by atoms with Crippen LogP contribution in [0.3, 0.4) is 0 Å². The van der Waals surface area contributed by atoms with Gasteiger partial charge in [0.15, 0.2) is 5.82 Å². The maximum absolute atomic E-state index is 16.9. The molecule has 2 aliphatic heterocycles. The zero-order valence-electron chi connectivity index (χ0n) is 24.4. The number of anilines is 2. The van der Waals surface area contributed by atoms with Gasteiger partial charge in [-0.05, 0) is 51.2 Å². The molecule has 1 N–H and O–H groups in total. The molecule has 42 heavy (non-hydrogen) atoms. The van der Waals surface area contributed by atoms with Crippen molar-refractivity contribution in [3.8, 4) is 17.2 Å². The molecule has 11 heteroatoms. The van der Waals surface area contributed by atoms with Crippen LogP contribution in [-0.4, -0.2) is 94.8 Å². The standard InChI is InChI=1S/C31H34FN9O/c1-6-24(42)41-12-11-39(15-21(41)9-10-33)30-23-13-19(3)25(26-18(2)7-8-20-14-34-37-28(20)26)27(32)29(23)35-31(36-30)40-16-22(17-40)38(4)5/h6-8,13-14,21-22H,1,9,11-12,15-17H2,2-5H3,(H,34,37). The highest BCUT2D eigenvalue weighted by Crippen LogP contribution is 2.40. The number of fused-ring (bicyclic) bond motifs is 2. The lowest BCUT2D eigenvalue weighted by Crippen LogP contribution is -2.58. The van der Waals surface area contributed by atoms with Crippen molar-refractivity contribution in [1.29, 1.82) is 5.26 Å². The molecule has 2 aliphatic rings. The molecule has 1 atom stereocenters. The molecule has 1 amide bonds. The van der Waals surface area contributed by atoms with Crippen molar-refractivity contribution in [1.82, 2.24) is 30.0 Å². The summed E-state index contributed by atoms with van der Waals surface area (Å²) in [5.41, 5.74) is 3.98. The van der Waals surface area contributed by atoms with Gasteiger partial charge in [0.2, 0.25) is 11.9 Å². The molecule has 4 heterocycles. The van der Waals surface area contributed by atoms with E-state index in [1.165, 1.54) is 6.08 Å². The first-order valence-electron chi connectivity index (χ1n) is 14.1. The Morgan fingerprint density at radius 3 is 2.67 bits per heavy atom. The van der Waals surface area contributed by atoms with Crippen molar-refractivity contribution in [2.75, 3.05) is 56.6 Å². The topological polar surface area (TPSA) is 108 Å². The maximum Gasteiger partial charge on any atom is 0.246 e. The van der Waals surface area contributed by atoms with Crippen molar-refractivity contribution in [2.24, 2.45) is 0 Å². The summed E-state index contributed by atoms with van der Waals surface area (Å²) in [6.07, 6.45) is 3.20. The zero-order valence-corrected chi connectivity index (χ0v) is 24.4. The molecule has 1 unspecified atom stereocenters. The molecule has 6 rings (SSSR count). The average molecular weight is 568 g/mol. The van der Waals surface area contributed by atoms with Crippen LogP contribution < -0.4 is 9.80 Å². The molecule has 2 aromatic heterocycles. The number of amides is 1. The number of nitrogens with zero attached hydrogens (tertiary/aromatic N) is 8. The van der Waals surface area contributed by atoms with Crippen molar-refractivity contribution in [3.63, 3.8) is 0 Å². The molecular weight excluding hydrogens is 533 g/mol. The van der Waals surface area contributed by atoms with E-state index in [9.17, 15) is 10.1 Å². The highest BCUT2D eigenvalue weighted by molar-refractivity contribution is 6.01. The molecule has 10 nitrogen and oxygen atoms in total. The number of carbonyl (C=O) groups is 1. The normalized spacial score (nSPS) is 17.6. The quantitative estimate of drug-likeness (QED) is 0.351. The Hall–Kier alpha value is -4.56. The van der Waals surface area contributed by atoms with Crippen molar-refractivity contribution in [2.45, 2.75) is 32.4 Å². The van der Waals surface area contributed by atoms with Crippen molar-refractivity contribution < 1.29 is 9.18 Å². The van der Waals surface area contributed by atoms with Gasteiger partial charge in [0.05, 0.1) is 30.2 Å². The highest BCUT2D eigenvalue weighted by atomic mass is 19.1. The first kappa shape index (κ1) is 27.6. The van der Waals surface area contributed by atoms with Crippen LogP contribution in [0.4, 0.5) is 16.2 Å². The Balaban J connectivity index is 1.52. The molecule has 0 bridgehead atoms. The fourth-order valence-electron chi connectivity index (χ4n) is 6.14. The molecule has 4 aromatic rings. The van der Waals surface area contributed by atoms with E-state index in [0.29, 0.717) is 48.4 Å². The fourth-order valence-corrected chi connectivity index (χ4v) is 6.14. The number of carbonyl (C=O) groups excluding carboxylic acids is 1. The molecule has 2 fully saturated rings. The van der Waals surface area contributed by atoms with Gasteiger partial charge < -0.3 is 19.6 Å². The minimum atomic E-state index is -0.404. The van der Waals surface area contributed by atoms with Gasteiger partial charge in [0, 0.05) is 60.7 Å². The minimum Gasteiger partial charge on any atom is -0.352 e. The lowest BCUT2D eigenvalue weighted by atomic mass is 9.92. The third-order valence-corrected chi connectivity index (χ3v) is 8.61. The number of benzene rings is 2. The first-order chi connectivity index (χ1) is 20.2. The lowest BCUT2D eigenvalue weighted by molar-refractivity contribution is -0.128. The van der Waals surface area contributed by atoms with Crippen LogP contribution in [0.2, 0.25) is 0 Å². The third kappa shape index (κ3) is 4.52. The number of aryl methyl sites for hydroxylation is 2. The number of aromatic nitrogens is 4. The second-order valence-corrected chi connectivity index (χ2v) is 11.4. The van der Waals surface area contributed by atoms with E-state index in [2.05, 4.69) is 37.5 Å². The van der Waals surface area contributed by atoms with E-state index >= 15 is 4.39 Å². The van der Waals surface area contributed by atoms with E-state index < -0.39 is 5.82 Å². The largest absolute Gasteiger partial charge is 0.352 e. The number of hydrogen-bond acceptors (Lipinski definition) is 8. The number of aromatic amines is 1. The van der Waals surface area contributed by atoms with Crippen LogP contribution in [-0.2, 0) is 4.79 Å². The summed E-state index contributed by atoms with van der Waals surface area (Å²) in [4.78, 5) is 30.3. The number of piperazine rings is 1. The van der Waals surface area contributed by atoms with Gasteiger partial charge in [-0.25, -0.2) is 9.37 Å². The van der Waals surface area contributed by atoms with Gasteiger partial charge in [-0.1, -0.05) is 18.7 Å². The van der Waals surface area contributed by atoms with Gasteiger partial charge in [-0.15, -0.1) is 0 Å². The molecular formula is C31H34FN9O. The number of nitriles is 1. The van der Waals surface area contributed by atoms with Crippen molar-refractivity contribution >= 4 is 39.5 Å². The second kappa shape index (κ2) is 10.7. The number of H-pyrrole nitrogens is 1. The SMILES string of the molecule is C=CC(=O)N1CCN(c2nc(N3CC(N(C)C)C3)nc3c(F)c(-c4c(C)ccc5cn[nH]c45)c(C)cc23)CC1CC#N. The van der Waals surface area contributed by atoms with E-state index in [-0.39, 0.29) is 23.9 Å². The van der Waals surface area contributed by atoms with Gasteiger partial charge in [-0.2, -0.15) is 15.3 Å². The number of likely N-dealkylation sites (N-methyl/N-ethyl adjacent to an activating group) is 1. The zero-order chi connectivity index (χ0) is 29.7. The fraction of sp³-hybridized carbons (Fsp3) is 0.387. The predicted molar refractivity (Wildman–Crippen MR) is 162 cm³/mol. The summed E-state index contributed by atoms with van der Waals surface area (Å²) < 4.78 is 16.9. The van der Waals surface area contributed by atoms with Crippen LogP contribution in [0.15, 0.2) is 37.1 Å². The van der Waals surface area contributed by atoms with E-state index in [4.69, 9.17) is 9.97 Å². The molecule has 0 spiro atoms. The summed E-state index contributed by atoms with van der Waals surface area (Å²) in [7, 11) is 4.09. The Morgan fingerprint density at radius 2 is 1.95 bits per heavy atom. The molecule has 2 aromatic carbocycles. The summed E-state index contributed by atoms with van der Waals surface area (Å²) in [5.74, 6) is 0.483. The van der Waals surface area contributed by atoms with Crippen LogP contribution >= 0.6 is 0 Å². The first-order valence-corrected chi connectivity index (χ1v) is 14.1. The summed E-state index contributed by atoms with van der Waals surface area (Å²) in [5, 5.41) is 18.3. The lowest BCUT2D eigenvalue weighted by Gasteiger charge is -2.44. The minimum absolute atomic E-state index is 0.174. The van der Waals surface area contributed by atoms with Gasteiger partial charge >= 0.3 is 0 Å². The van der Waals surface area contributed by atoms with Gasteiger partial charge in [-0.3, -0.25) is 9.89 Å². The monoisotopic (exact) mass is 567 g/mol. The molecule has 216 valence electrons. The van der Waals surface area contributed by atoms with Gasteiger partial charge in [0.1, 0.15) is 11.3 Å². The van der Waals surface area contributed by atoms with E-state index in [1.807, 2.05) is 46.1 Å². The van der Waals surface area contributed by atoms with Gasteiger partial charge in [0.25, 0.3) is 0 Å². The predicted octanol–water partition coefficient (Wildman–Crippen LogP) is 3.80.